The number of rotatable bonds is 3. The van der Waals surface area contributed by atoms with E-state index in [2.05, 4.69) is 0 Å². The molecule has 0 aromatic carbocycles. The van der Waals surface area contributed by atoms with Crippen LogP contribution in [0.4, 0.5) is 0 Å². The standard InChI is InChI=1S/C15H20O4/c1-8(13(16)17)12(14(18)19)15-5-9-2-10(6-15)4-11(3-9)7-15/h9-11H,2-7H2,1H3,(H,16,17)(H,18,19). The summed E-state index contributed by atoms with van der Waals surface area (Å²) in [6.07, 6.45) is 6.30. The Morgan fingerprint density at radius 3 is 1.63 bits per heavy atom. The first kappa shape index (κ1) is 12.7. The maximum absolute atomic E-state index is 11.6. The summed E-state index contributed by atoms with van der Waals surface area (Å²) in [6, 6.07) is 0. The lowest BCUT2D eigenvalue weighted by Crippen LogP contribution is -2.48. The number of carbonyl (C=O) groups is 2. The first-order chi connectivity index (χ1) is 8.91. The van der Waals surface area contributed by atoms with Crippen LogP contribution in [0.2, 0.25) is 0 Å². The molecule has 0 saturated heterocycles. The van der Waals surface area contributed by atoms with E-state index in [0.717, 1.165) is 19.3 Å². The largest absolute Gasteiger partial charge is 0.478 e. The molecule has 4 aliphatic carbocycles. The lowest BCUT2D eigenvalue weighted by atomic mass is 9.47. The fourth-order valence-corrected chi connectivity index (χ4v) is 5.31. The van der Waals surface area contributed by atoms with Crippen molar-refractivity contribution in [2.24, 2.45) is 23.2 Å². The number of aliphatic carboxylic acids is 2. The summed E-state index contributed by atoms with van der Waals surface area (Å²) < 4.78 is 0. The van der Waals surface area contributed by atoms with E-state index in [9.17, 15) is 19.8 Å². The van der Waals surface area contributed by atoms with E-state index in [1.165, 1.54) is 26.2 Å². The van der Waals surface area contributed by atoms with Crippen LogP contribution in [0.5, 0.6) is 0 Å². The van der Waals surface area contributed by atoms with Gasteiger partial charge in [-0.15, -0.1) is 0 Å². The van der Waals surface area contributed by atoms with Crippen LogP contribution < -0.4 is 0 Å². The van der Waals surface area contributed by atoms with Gasteiger partial charge >= 0.3 is 11.9 Å². The van der Waals surface area contributed by atoms with Crippen LogP contribution in [-0.2, 0) is 9.59 Å². The summed E-state index contributed by atoms with van der Waals surface area (Å²) in [6.45, 7) is 1.45. The van der Waals surface area contributed by atoms with E-state index in [1.807, 2.05) is 0 Å². The molecule has 4 heteroatoms. The maximum Gasteiger partial charge on any atom is 0.332 e. The second-order valence-corrected chi connectivity index (χ2v) is 6.81. The maximum atomic E-state index is 11.6. The molecule has 4 bridgehead atoms. The Labute approximate surface area is 112 Å². The van der Waals surface area contributed by atoms with Crippen LogP contribution >= 0.6 is 0 Å². The first-order valence-electron chi connectivity index (χ1n) is 7.09. The quantitative estimate of drug-likeness (QED) is 0.768. The highest BCUT2D eigenvalue weighted by Gasteiger charge is 2.54. The zero-order chi connectivity index (χ0) is 13.8. The summed E-state index contributed by atoms with van der Waals surface area (Å²) in [4.78, 5) is 22.9. The van der Waals surface area contributed by atoms with Crippen molar-refractivity contribution in [2.45, 2.75) is 45.4 Å². The molecule has 0 aromatic heterocycles. The fraction of sp³-hybridized carbons (Fsp3) is 0.733. The van der Waals surface area contributed by atoms with Crippen LogP contribution in [0.25, 0.3) is 0 Å². The van der Waals surface area contributed by atoms with Crippen molar-refractivity contribution in [1.29, 1.82) is 0 Å². The summed E-state index contributed by atoms with van der Waals surface area (Å²) in [5.41, 5.74) is -0.128. The van der Waals surface area contributed by atoms with Gasteiger partial charge in [-0.05, 0) is 63.2 Å². The topological polar surface area (TPSA) is 74.6 Å². The molecule has 0 amide bonds. The van der Waals surface area contributed by atoms with Crippen LogP contribution in [0.3, 0.4) is 0 Å². The van der Waals surface area contributed by atoms with Gasteiger partial charge in [-0.25, -0.2) is 9.59 Å². The second-order valence-electron chi connectivity index (χ2n) is 6.81. The smallest absolute Gasteiger partial charge is 0.332 e. The van der Waals surface area contributed by atoms with Gasteiger partial charge in [0, 0.05) is 11.0 Å². The highest BCUT2D eigenvalue weighted by atomic mass is 16.4. The van der Waals surface area contributed by atoms with Gasteiger partial charge in [-0.1, -0.05) is 0 Å². The minimum Gasteiger partial charge on any atom is -0.478 e. The molecule has 4 aliphatic rings. The molecule has 19 heavy (non-hydrogen) atoms. The van der Waals surface area contributed by atoms with Crippen molar-refractivity contribution in [3.05, 3.63) is 11.1 Å². The van der Waals surface area contributed by atoms with Crippen molar-refractivity contribution in [3.63, 3.8) is 0 Å². The van der Waals surface area contributed by atoms with Gasteiger partial charge in [0.1, 0.15) is 0 Å². The molecule has 0 heterocycles. The SMILES string of the molecule is CC(C(=O)O)=C(C(=O)O)C12CC3CC(CC(C3)C1)C2. The average Bonchev–Trinajstić information content (AvgIpc) is 2.25. The molecular formula is C15H20O4. The lowest BCUT2D eigenvalue weighted by molar-refractivity contribution is -0.139. The minimum atomic E-state index is -1.09. The number of carboxylic acid groups (broad SMARTS) is 2. The van der Waals surface area contributed by atoms with E-state index >= 15 is 0 Å². The van der Waals surface area contributed by atoms with Crippen LogP contribution in [0, 0.1) is 23.2 Å². The molecular weight excluding hydrogens is 244 g/mol. The molecule has 0 radical (unpaired) electrons. The van der Waals surface area contributed by atoms with E-state index in [4.69, 9.17) is 0 Å². The predicted octanol–water partition coefficient (Wildman–Crippen LogP) is 2.69. The predicted molar refractivity (Wildman–Crippen MR) is 68.6 cm³/mol. The number of carboxylic acids is 2. The Morgan fingerprint density at radius 1 is 0.895 bits per heavy atom. The third kappa shape index (κ3) is 1.88. The molecule has 2 N–H and O–H groups in total. The lowest BCUT2D eigenvalue weighted by Gasteiger charge is -2.57. The van der Waals surface area contributed by atoms with Crippen LogP contribution in [0.15, 0.2) is 11.1 Å². The van der Waals surface area contributed by atoms with Crippen molar-refractivity contribution < 1.29 is 19.8 Å². The first-order valence-corrected chi connectivity index (χ1v) is 7.09. The van der Waals surface area contributed by atoms with Gasteiger partial charge in [0.05, 0.1) is 5.57 Å². The minimum absolute atomic E-state index is 0.0365. The second kappa shape index (κ2) is 4.09. The van der Waals surface area contributed by atoms with E-state index in [-0.39, 0.29) is 16.6 Å². The molecule has 4 rings (SSSR count). The zero-order valence-corrected chi connectivity index (χ0v) is 11.2. The van der Waals surface area contributed by atoms with Crippen molar-refractivity contribution in [2.75, 3.05) is 0 Å². The van der Waals surface area contributed by atoms with Crippen molar-refractivity contribution >= 4 is 11.9 Å². The zero-order valence-electron chi connectivity index (χ0n) is 11.2. The molecule has 4 saturated carbocycles. The Morgan fingerprint density at radius 2 is 1.32 bits per heavy atom. The Balaban J connectivity index is 2.06. The van der Waals surface area contributed by atoms with Gasteiger partial charge in [0.2, 0.25) is 0 Å². The van der Waals surface area contributed by atoms with Crippen molar-refractivity contribution in [3.8, 4) is 0 Å². The third-order valence-corrected chi connectivity index (χ3v) is 5.48. The summed E-state index contributed by atoms with van der Waals surface area (Å²) >= 11 is 0. The molecule has 0 atom stereocenters. The highest BCUT2D eigenvalue weighted by Crippen LogP contribution is 2.63. The Bertz CT molecular complexity index is 439. The van der Waals surface area contributed by atoms with Gasteiger partial charge < -0.3 is 10.2 Å². The van der Waals surface area contributed by atoms with E-state index < -0.39 is 11.9 Å². The fourth-order valence-electron chi connectivity index (χ4n) is 5.31. The van der Waals surface area contributed by atoms with Gasteiger partial charge in [0.25, 0.3) is 0 Å². The molecule has 4 nitrogen and oxygen atoms in total. The summed E-state index contributed by atoms with van der Waals surface area (Å²) in [7, 11) is 0. The molecule has 4 fully saturated rings. The van der Waals surface area contributed by atoms with Crippen molar-refractivity contribution in [1.82, 2.24) is 0 Å². The molecule has 104 valence electrons. The summed E-state index contributed by atoms with van der Waals surface area (Å²) in [5, 5.41) is 18.7. The third-order valence-electron chi connectivity index (χ3n) is 5.48. The van der Waals surface area contributed by atoms with Gasteiger partial charge in [0.15, 0.2) is 0 Å². The van der Waals surface area contributed by atoms with Crippen LogP contribution in [-0.4, -0.2) is 22.2 Å². The monoisotopic (exact) mass is 264 g/mol. The van der Waals surface area contributed by atoms with Crippen LogP contribution in [0.1, 0.15) is 45.4 Å². The molecule has 0 spiro atoms. The van der Waals surface area contributed by atoms with Gasteiger partial charge in [-0.2, -0.15) is 0 Å². The molecule has 0 aromatic rings. The molecule has 0 aliphatic heterocycles. The Hall–Kier alpha value is -1.32. The van der Waals surface area contributed by atoms with Gasteiger partial charge in [-0.3, -0.25) is 0 Å². The normalized spacial score (nSPS) is 41.0. The molecule has 0 unspecified atom stereocenters. The summed E-state index contributed by atoms with van der Waals surface area (Å²) in [5.74, 6) is -0.276. The number of hydrogen-bond donors (Lipinski definition) is 2. The Kier molecular flexibility index (Phi) is 2.73. The number of hydrogen-bond acceptors (Lipinski definition) is 2. The van der Waals surface area contributed by atoms with E-state index in [1.54, 1.807) is 0 Å². The average molecular weight is 264 g/mol. The highest BCUT2D eigenvalue weighted by molar-refractivity contribution is 5.99. The van der Waals surface area contributed by atoms with E-state index in [0.29, 0.717) is 17.8 Å².